The average Bonchev–Trinajstić information content (AvgIpc) is 2.55. The first-order valence-corrected chi connectivity index (χ1v) is 7.25. The van der Waals surface area contributed by atoms with Gasteiger partial charge in [-0.05, 0) is 38.4 Å². The number of pyridine rings is 1. The Kier molecular flexibility index (Phi) is 5.67. The van der Waals surface area contributed by atoms with Crippen LogP contribution in [-0.4, -0.2) is 43.0 Å². The summed E-state index contributed by atoms with van der Waals surface area (Å²) in [5.74, 6) is -0.340. The summed E-state index contributed by atoms with van der Waals surface area (Å²) in [7, 11) is 4.01. The zero-order chi connectivity index (χ0) is 16.7. The lowest BCUT2D eigenvalue weighted by Gasteiger charge is -2.11. The van der Waals surface area contributed by atoms with Crippen LogP contribution in [0.2, 0.25) is 0 Å². The van der Waals surface area contributed by atoms with Crippen LogP contribution in [0.3, 0.4) is 0 Å². The van der Waals surface area contributed by atoms with Crippen molar-refractivity contribution in [3.63, 3.8) is 0 Å². The first kappa shape index (κ1) is 16.5. The van der Waals surface area contributed by atoms with Gasteiger partial charge in [0.1, 0.15) is 11.8 Å². The summed E-state index contributed by atoms with van der Waals surface area (Å²) in [6.07, 6.45) is 1.63. The van der Waals surface area contributed by atoms with Crippen LogP contribution >= 0.6 is 0 Å². The molecule has 0 fully saturated rings. The number of nitriles is 1. The third-order valence-electron chi connectivity index (χ3n) is 3.18. The fourth-order valence-corrected chi connectivity index (χ4v) is 1.93. The van der Waals surface area contributed by atoms with Gasteiger partial charge in [0.05, 0.1) is 23.1 Å². The van der Waals surface area contributed by atoms with Crippen LogP contribution in [0.25, 0.3) is 0 Å². The minimum Gasteiger partial charge on any atom is -0.383 e. The molecule has 1 aromatic carbocycles. The van der Waals surface area contributed by atoms with Crippen LogP contribution in [-0.2, 0) is 0 Å². The maximum absolute atomic E-state index is 12.2. The van der Waals surface area contributed by atoms with Gasteiger partial charge in [-0.3, -0.25) is 4.79 Å². The Labute approximate surface area is 135 Å². The number of hydrogen-bond donors (Lipinski definition) is 2. The van der Waals surface area contributed by atoms with Crippen LogP contribution in [0.15, 0.2) is 42.6 Å². The fourth-order valence-electron chi connectivity index (χ4n) is 1.93. The zero-order valence-electron chi connectivity index (χ0n) is 13.2. The largest absolute Gasteiger partial charge is 0.383 e. The smallest absolute Gasteiger partial charge is 0.274 e. The Balaban J connectivity index is 1.99. The zero-order valence-corrected chi connectivity index (χ0v) is 13.2. The number of aromatic nitrogens is 1. The van der Waals surface area contributed by atoms with E-state index < -0.39 is 0 Å². The van der Waals surface area contributed by atoms with Gasteiger partial charge in [-0.1, -0.05) is 12.1 Å². The van der Waals surface area contributed by atoms with Gasteiger partial charge in [0.25, 0.3) is 5.91 Å². The van der Waals surface area contributed by atoms with E-state index in [1.165, 1.54) is 0 Å². The molecule has 6 heteroatoms. The number of carbonyl (C=O) groups is 1. The minimum absolute atomic E-state index is 0.302. The Morgan fingerprint density at radius 1 is 1.26 bits per heavy atom. The molecule has 0 spiro atoms. The standard InChI is InChI=1S/C17H19N5O/c1-22(2)10-9-19-14-7-8-16(20-12-14)17(23)21-15-6-4-3-5-13(15)11-18/h3-8,12,19H,9-10H2,1-2H3,(H,21,23). The summed E-state index contributed by atoms with van der Waals surface area (Å²) >= 11 is 0. The van der Waals surface area contributed by atoms with Crippen molar-refractivity contribution in [2.75, 3.05) is 37.8 Å². The van der Waals surface area contributed by atoms with Gasteiger partial charge in [0.2, 0.25) is 0 Å². The number of hydrogen-bond acceptors (Lipinski definition) is 5. The van der Waals surface area contributed by atoms with E-state index in [1.807, 2.05) is 26.2 Å². The highest BCUT2D eigenvalue weighted by Gasteiger charge is 2.10. The summed E-state index contributed by atoms with van der Waals surface area (Å²) < 4.78 is 0. The maximum atomic E-state index is 12.2. The molecule has 23 heavy (non-hydrogen) atoms. The van der Waals surface area contributed by atoms with Crippen molar-refractivity contribution >= 4 is 17.3 Å². The van der Waals surface area contributed by atoms with Crippen molar-refractivity contribution in [2.24, 2.45) is 0 Å². The molecule has 0 aliphatic heterocycles. The third kappa shape index (κ3) is 4.80. The van der Waals surface area contributed by atoms with Crippen molar-refractivity contribution in [2.45, 2.75) is 0 Å². The summed E-state index contributed by atoms with van der Waals surface area (Å²) in [5, 5.41) is 15.0. The Bertz CT molecular complexity index is 704. The van der Waals surface area contributed by atoms with Crippen LogP contribution < -0.4 is 10.6 Å². The SMILES string of the molecule is CN(C)CCNc1ccc(C(=O)Nc2ccccc2C#N)nc1. The van der Waals surface area contributed by atoms with E-state index in [9.17, 15) is 4.79 Å². The number of likely N-dealkylation sites (N-methyl/N-ethyl adjacent to an activating group) is 1. The molecule has 0 atom stereocenters. The van der Waals surface area contributed by atoms with E-state index in [0.717, 1.165) is 18.8 Å². The normalized spacial score (nSPS) is 10.2. The molecule has 2 N–H and O–H groups in total. The number of benzene rings is 1. The van der Waals surface area contributed by atoms with Gasteiger partial charge in [0, 0.05) is 13.1 Å². The Hall–Kier alpha value is -2.91. The molecule has 0 radical (unpaired) electrons. The number of para-hydroxylation sites is 1. The molecular formula is C17H19N5O. The lowest BCUT2D eigenvalue weighted by atomic mass is 10.2. The molecule has 118 valence electrons. The van der Waals surface area contributed by atoms with E-state index in [0.29, 0.717) is 16.9 Å². The highest BCUT2D eigenvalue weighted by molar-refractivity contribution is 6.03. The van der Waals surface area contributed by atoms with E-state index in [1.54, 1.807) is 36.5 Å². The highest BCUT2D eigenvalue weighted by atomic mass is 16.1. The second-order valence-electron chi connectivity index (χ2n) is 5.27. The summed E-state index contributed by atoms with van der Waals surface area (Å²) in [5.41, 5.74) is 2.06. The van der Waals surface area contributed by atoms with E-state index in [4.69, 9.17) is 5.26 Å². The first-order valence-electron chi connectivity index (χ1n) is 7.25. The number of carbonyl (C=O) groups excluding carboxylic acids is 1. The minimum atomic E-state index is -0.340. The van der Waals surface area contributed by atoms with Crippen LogP contribution in [0.1, 0.15) is 16.1 Å². The molecule has 6 nitrogen and oxygen atoms in total. The Morgan fingerprint density at radius 3 is 2.70 bits per heavy atom. The Morgan fingerprint density at radius 2 is 2.04 bits per heavy atom. The first-order chi connectivity index (χ1) is 11.1. The number of rotatable bonds is 6. The molecule has 2 aromatic rings. The van der Waals surface area contributed by atoms with Gasteiger partial charge in [0.15, 0.2) is 0 Å². The second kappa shape index (κ2) is 7.92. The lowest BCUT2D eigenvalue weighted by Crippen LogP contribution is -2.21. The van der Waals surface area contributed by atoms with E-state index in [2.05, 4.69) is 20.5 Å². The van der Waals surface area contributed by atoms with Gasteiger partial charge in [-0.25, -0.2) is 4.98 Å². The van der Waals surface area contributed by atoms with Crippen molar-refractivity contribution < 1.29 is 4.79 Å². The van der Waals surface area contributed by atoms with E-state index >= 15 is 0 Å². The van der Waals surface area contributed by atoms with Crippen LogP contribution in [0, 0.1) is 11.3 Å². The molecule has 0 saturated carbocycles. The van der Waals surface area contributed by atoms with Crippen molar-refractivity contribution in [1.82, 2.24) is 9.88 Å². The predicted octanol–water partition coefficient (Wildman–Crippen LogP) is 2.18. The average molecular weight is 309 g/mol. The molecule has 0 unspecified atom stereocenters. The predicted molar refractivity (Wildman–Crippen MR) is 90.4 cm³/mol. The molecule has 1 amide bonds. The summed E-state index contributed by atoms with van der Waals surface area (Å²) in [4.78, 5) is 18.4. The molecule has 1 aromatic heterocycles. The fraction of sp³-hybridized carbons (Fsp3) is 0.235. The molecule has 0 aliphatic rings. The third-order valence-corrected chi connectivity index (χ3v) is 3.18. The van der Waals surface area contributed by atoms with Crippen LogP contribution in [0.4, 0.5) is 11.4 Å². The number of nitrogens with one attached hydrogen (secondary N) is 2. The molecule has 2 rings (SSSR count). The number of nitrogens with zero attached hydrogens (tertiary/aromatic N) is 3. The quantitative estimate of drug-likeness (QED) is 0.855. The van der Waals surface area contributed by atoms with Crippen molar-refractivity contribution in [3.8, 4) is 6.07 Å². The van der Waals surface area contributed by atoms with Gasteiger partial charge >= 0.3 is 0 Å². The number of anilines is 2. The molecule has 1 heterocycles. The second-order valence-corrected chi connectivity index (χ2v) is 5.27. The van der Waals surface area contributed by atoms with E-state index in [-0.39, 0.29) is 5.91 Å². The van der Waals surface area contributed by atoms with Gasteiger partial charge in [-0.15, -0.1) is 0 Å². The maximum Gasteiger partial charge on any atom is 0.274 e. The number of amides is 1. The van der Waals surface area contributed by atoms with Crippen LogP contribution in [0.5, 0.6) is 0 Å². The lowest BCUT2D eigenvalue weighted by molar-refractivity contribution is 0.102. The van der Waals surface area contributed by atoms with Crippen molar-refractivity contribution in [1.29, 1.82) is 5.26 Å². The highest BCUT2D eigenvalue weighted by Crippen LogP contribution is 2.15. The monoisotopic (exact) mass is 309 g/mol. The molecular weight excluding hydrogens is 290 g/mol. The van der Waals surface area contributed by atoms with Gasteiger partial charge < -0.3 is 15.5 Å². The summed E-state index contributed by atoms with van der Waals surface area (Å²) in [6.45, 7) is 1.71. The topological polar surface area (TPSA) is 81.0 Å². The van der Waals surface area contributed by atoms with Crippen molar-refractivity contribution in [3.05, 3.63) is 53.9 Å². The van der Waals surface area contributed by atoms with Gasteiger partial charge in [-0.2, -0.15) is 5.26 Å². The molecule has 0 bridgehead atoms. The molecule has 0 saturated heterocycles. The molecule has 0 aliphatic carbocycles. The summed E-state index contributed by atoms with van der Waals surface area (Å²) in [6, 6.07) is 12.4.